The Labute approximate surface area is 136 Å². The van der Waals surface area contributed by atoms with E-state index in [1.807, 2.05) is 61.6 Å². The molecule has 0 unspecified atom stereocenters. The third-order valence-corrected chi connectivity index (χ3v) is 3.98. The van der Waals surface area contributed by atoms with Gasteiger partial charge in [-0.25, -0.2) is 0 Å². The Bertz CT molecular complexity index is 842. The normalized spacial score (nSPS) is 10.5. The predicted octanol–water partition coefficient (Wildman–Crippen LogP) is 4.05. The van der Waals surface area contributed by atoms with Crippen molar-refractivity contribution in [3.63, 3.8) is 0 Å². The van der Waals surface area contributed by atoms with E-state index in [2.05, 4.69) is 12.1 Å². The number of likely N-dealkylation sites (N-methyl/N-ethyl adjacent to an activating group) is 1. The van der Waals surface area contributed by atoms with Crippen molar-refractivity contribution in [2.75, 3.05) is 19.1 Å². The highest BCUT2D eigenvalue weighted by Gasteiger charge is 2.12. The van der Waals surface area contributed by atoms with Crippen LogP contribution in [0.25, 0.3) is 10.8 Å². The van der Waals surface area contributed by atoms with Gasteiger partial charge in [-0.3, -0.25) is 4.79 Å². The summed E-state index contributed by atoms with van der Waals surface area (Å²) >= 11 is 0. The van der Waals surface area contributed by atoms with Crippen LogP contribution in [0.3, 0.4) is 0 Å². The van der Waals surface area contributed by atoms with Crippen LogP contribution in [0, 0.1) is 0 Å². The van der Waals surface area contributed by atoms with Crippen molar-refractivity contribution >= 4 is 22.4 Å². The van der Waals surface area contributed by atoms with Crippen LogP contribution in [0.1, 0.15) is 5.56 Å². The van der Waals surface area contributed by atoms with Gasteiger partial charge >= 0.3 is 0 Å². The minimum absolute atomic E-state index is 0.0496. The van der Waals surface area contributed by atoms with Gasteiger partial charge in [0.1, 0.15) is 5.75 Å². The van der Waals surface area contributed by atoms with E-state index in [-0.39, 0.29) is 5.91 Å². The Balaban J connectivity index is 1.80. The van der Waals surface area contributed by atoms with Gasteiger partial charge in [0.15, 0.2) is 0 Å². The number of ether oxygens (including phenoxy) is 1. The van der Waals surface area contributed by atoms with Crippen molar-refractivity contribution in [3.05, 3.63) is 72.3 Å². The van der Waals surface area contributed by atoms with Crippen molar-refractivity contribution in [1.29, 1.82) is 0 Å². The zero-order valence-corrected chi connectivity index (χ0v) is 13.3. The zero-order valence-electron chi connectivity index (χ0n) is 13.3. The summed E-state index contributed by atoms with van der Waals surface area (Å²) in [5.74, 6) is 0.817. The third-order valence-electron chi connectivity index (χ3n) is 3.98. The van der Waals surface area contributed by atoms with Gasteiger partial charge in [-0.05, 0) is 40.6 Å². The van der Waals surface area contributed by atoms with E-state index in [9.17, 15) is 4.79 Å². The monoisotopic (exact) mass is 305 g/mol. The number of methoxy groups -OCH3 is 1. The van der Waals surface area contributed by atoms with Crippen LogP contribution >= 0.6 is 0 Å². The maximum absolute atomic E-state index is 12.5. The molecule has 23 heavy (non-hydrogen) atoms. The molecule has 0 saturated heterocycles. The molecule has 0 saturated carbocycles. The smallest absolute Gasteiger partial charge is 0.231 e. The van der Waals surface area contributed by atoms with E-state index in [1.54, 1.807) is 12.0 Å². The number of fused-ring (bicyclic) bond motifs is 1. The van der Waals surface area contributed by atoms with Crippen molar-refractivity contribution < 1.29 is 9.53 Å². The van der Waals surface area contributed by atoms with Crippen LogP contribution in [-0.2, 0) is 11.2 Å². The molecular formula is C20H19NO2. The van der Waals surface area contributed by atoms with Gasteiger partial charge in [0.2, 0.25) is 5.91 Å². The molecule has 0 spiro atoms. The minimum Gasteiger partial charge on any atom is -0.497 e. The molecule has 1 amide bonds. The van der Waals surface area contributed by atoms with Crippen LogP contribution < -0.4 is 9.64 Å². The molecule has 0 N–H and O–H groups in total. The molecule has 0 aromatic heterocycles. The summed E-state index contributed by atoms with van der Waals surface area (Å²) in [6, 6.07) is 21.8. The van der Waals surface area contributed by atoms with Gasteiger partial charge in [-0.1, -0.05) is 42.5 Å². The van der Waals surface area contributed by atoms with Gasteiger partial charge in [0, 0.05) is 12.7 Å². The molecular weight excluding hydrogens is 286 g/mol. The maximum atomic E-state index is 12.5. The van der Waals surface area contributed by atoms with Gasteiger partial charge < -0.3 is 9.64 Å². The van der Waals surface area contributed by atoms with Crippen molar-refractivity contribution in [2.45, 2.75) is 6.42 Å². The molecule has 3 heteroatoms. The lowest BCUT2D eigenvalue weighted by Gasteiger charge is -2.18. The van der Waals surface area contributed by atoms with Gasteiger partial charge in [0.25, 0.3) is 0 Å². The average molecular weight is 305 g/mol. The fourth-order valence-corrected chi connectivity index (χ4v) is 2.60. The Morgan fingerprint density at radius 3 is 2.52 bits per heavy atom. The molecule has 0 fully saturated rings. The number of carbonyl (C=O) groups is 1. The molecule has 3 nitrogen and oxygen atoms in total. The minimum atomic E-state index is 0.0496. The van der Waals surface area contributed by atoms with Crippen molar-refractivity contribution in [3.8, 4) is 5.75 Å². The standard InChI is InChI=1S/C20H19NO2/c1-21(18-11-10-16-7-3-4-8-17(16)14-18)20(22)13-15-6-5-9-19(12-15)23-2/h3-12,14H,13H2,1-2H3. The first-order valence-electron chi connectivity index (χ1n) is 7.55. The van der Waals surface area contributed by atoms with E-state index in [1.165, 1.54) is 5.39 Å². The highest BCUT2D eigenvalue weighted by molar-refractivity contribution is 5.97. The predicted molar refractivity (Wildman–Crippen MR) is 94.1 cm³/mol. The van der Waals surface area contributed by atoms with Crippen LogP contribution in [-0.4, -0.2) is 20.1 Å². The molecule has 3 aromatic carbocycles. The molecule has 3 rings (SSSR count). The lowest BCUT2D eigenvalue weighted by atomic mass is 10.1. The highest BCUT2D eigenvalue weighted by Crippen LogP contribution is 2.22. The Morgan fingerprint density at radius 2 is 1.74 bits per heavy atom. The molecule has 3 aromatic rings. The number of nitrogens with zero attached hydrogens (tertiary/aromatic N) is 1. The van der Waals surface area contributed by atoms with E-state index in [0.717, 1.165) is 22.4 Å². The second-order valence-corrected chi connectivity index (χ2v) is 5.51. The van der Waals surface area contributed by atoms with E-state index in [0.29, 0.717) is 6.42 Å². The molecule has 0 bridgehead atoms. The number of carbonyl (C=O) groups excluding carboxylic acids is 1. The Kier molecular flexibility index (Phi) is 4.29. The number of rotatable bonds is 4. The summed E-state index contributed by atoms with van der Waals surface area (Å²) in [7, 11) is 3.44. The first kappa shape index (κ1) is 15.1. The summed E-state index contributed by atoms with van der Waals surface area (Å²) < 4.78 is 5.20. The third kappa shape index (κ3) is 3.34. The molecule has 0 radical (unpaired) electrons. The summed E-state index contributed by atoms with van der Waals surface area (Å²) in [4.78, 5) is 14.2. The maximum Gasteiger partial charge on any atom is 0.231 e. The zero-order chi connectivity index (χ0) is 16.2. The SMILES string of the molecule is COc1cccc(CC(=O)N(C)c2ccc3ccccc3c2)c1. The van der Waals surface area contributed by atoms with Crippen LogP contribution in [0.2, 0.25) is 0 Å². The molecule has 0 aliphatic rings. The molecule has 0 atom stereocenters. The van der Waals surface area contributed by atoms with Crippen LogP contribution in [0.15, 0.2) is 66.7 Å². The van der Waals surface area contributed by atoms with E-state index in [4.69, 9.17) is 4.74 Å². The van der Waals surface area contributed by atoms with Crippen LogP contribution in [0.5, 0.6) is 5.75 Å². The molecule has 0 aliphatic heterocycles. The fraction of sp³-hybridized carbons (Fsp3) is 0.150. The Hall–Kier alpha value is -2.81. The molecule has 0 aliphatic carbocycles. The van der Waals surface area contributed by atoms with Gasteiger partial charge in [-0.2, -0.15) is 0 Å². The second-order valence-electron chi connectivity index (χ2n) is 5.51. The topological polar surface area (TPSA) is 29.5 Å². The number of hydrogen-bond donors (Lipinski definition) is 0. The van der Waals surface area contributed by atoms with Crippen molar-refractivity contribution in [1.82, 2.24) is 0 Å². The first-order valence-corrected chi connectivity index (χ1v) is 7.55. The summed E-state index contributed by atoms with van der Waals surface area (Å²) in [6.07, 6.45) is 0.348. The highest BCUT2D eigenvalue weighted by atomic mass is 16.5. The van der Waals surface area contributed by atoms with Crippen LogP contribution in [0.4, 0.5) is 5.69 Å². The first-order chi connectivity index (χ1) is 11.2. The number of amides is 1. The number of anilines is 1. The summed E-state index contributed by atoms with van der Waals surface area (Å²) in [6.45, 7) is 0. The largest absolute Gasteiger partial charge is 0.497 e. The number of benzene rings is 3. The summed E-state index contributed by atoms with van der Waals surface area (Å²) in [5.41, 5.74) is 1.85. The molecule has 116 valence electrons. The van der Waals surface area contributed by atoms with Gasteiger partial charge in [-0.15, -0.1) is 0 Å². The van der Waals surface area contributed by atoms with E-state index >= 15 is 0 Å². The second kappa shape index (κ2) is 6.53. The Morgan fingerprint density at radius 1 is 0.957 bits per heavy atom. The molecule has 0 heterocycles. The fourth-order valence-electron chi connectivity index (χ4n) is 2.60. The van der Waals surface area contributed by atoms with E-state index < -0.39 is 0 Å². The lowest BCUT2D eigenvalue weighted by molar-refractivity contribution is -0.117. The average Bonchev–Trinajstić information content (AvgIpc) is 2.60. The quantitative estimate of drug-likeness (QED) is 0.727. The summed E-state index contributed by atoms with van der Waals surface area (Å²) in [5, 5.41) is 2.30. The van der Waals surface area contributed by atoms with Crippen molar-refractivity contribution in [2.24, 2.45) is 0 Å². The lowest BCUT2D eigenvalue weighted by Crippen LogP contribution is -2.27. The van der Waals surface area contributed by atoms with Gasteiger partial charge in [0.05, 0.1) is 13.5 Å². The number of hydrogen-bond acceptors (Lipinski definition) is 2.